The van der Waals surface area contributed by atoms with Crippen LogP contribution in [0.15, 0.2) is 125 Å². The van der Waals surface area contributed by atoms with Crippen molar-refractivity contribution in [3.8, 4) is 0 Å². The number of aliphatic imine (C=N–C) groups is 1. The van der Waals surface area contributed by atoms with Crippen LogP contribution < -0.4 is 5.11 Å². The first-order valence-electron chi connectivity index (χ1n) is 11.4. The van der Waals surface area contributed by atoms with Gasteiger partial charge in [0.25, 0.3) is 0 Å². The molecule has 2 aromatic heterocycles. The van der Waals surface area contributed by atoms with E-state index in [1.807, 2.05) is 42.5 Å². The van der Waals surface area contributed by atoms with Gasteiger partial charge in [-0.2, -0.15) is 0 Å². The van der Waals surface area contributed by atoms with Crippen molar-refractivity contribution in [1.29, 1.82) is 0 Å². The number of benzene rings is 3. The van der Waals surface area contributed by atoms with Crippen LogP contribution in [0.2, 0.25) is 0 Å². The van der Waals surface area contributed by atoms with Gasteiger partial charge in [-0.05, 0) is 29.8 Å². The van der Waals surface area contributed by atoms with Crippen LogP contribution in [0, 0.1) is 0 Å². The first-order chi connectivity index (χ1) is 18.1. The summed E-state index contributed by atoms with van der Waals surface area (Å²) in [5, 5.41) is 17.1. The molecule has 0 radical (unpaired) electrons. The molecule has 0 unspecified atom stereocenters. The third kappa shape index (κ3) is 5.77. The van der Waals surface area contributed by atoms with Gasteiger partial charge in [0, 0.05) is 23.3 Å². The zero-order valence-electron chi connectivity index (χ0n) is 19.8. The average Bonchev–Trinajstić information content (AvgIpc) is 3.36. The first-order valence-corrected chi connectivity index (χ1v) is 11.4. The van der Waals surface area contributed by atoms with Gasteiger partial charge in [-0.3, -0.25) is 9.98 Å². The molecule has 0 saturated carbocycles. The van der Waals surface area contributed by atoms with Crippen LogP contribution in [-0.2, 0) is 21.3 Å². The molecule has 188 valence electrons. The Labute approximate surface area is 228 Å². The predicted octanol–water partition coefficient (Wildman–Crippen LogP) is 5.30. The monoisotopic (exact) mass is 543 g/mol. The van der Waals surface area contributed by atoms with Gasteiger partial charge in [-0.1, -0.05) is 78.9 Å². The summed E-state index contributed by atoms with van der Waals surface area (Å²) in [5.41, 5.74) is 2.57. The quantitative estimate of drug-likeness (QED) is 0.157. The largest absolute Gasteiger partial charge is 2.00 e. The van der Waals surface area contributed by atoms with Crippen molar-refractivity contribution in [2.24, 2.45) is 4.99 Å². The number of rotatable bonds is 7. The van der Waals surface area contributed by atoms with Gasteiger partial charge in [-0.25, -0.2) is 0 Å². The van der Waals surface area contributed by atoms with E-state index in [0.29, 0.717) is 28.1 Å². The molecule has 7 nitrogen and oxygen atoms in total. The summed E-state index contributed by atoms with van der Waals surface area (Å²) in [6.45, 7) is 0. The number of aliphatic carboxylic acids is 1. The molecule has 0 bridgehead atoms. The normalized spacial score (nSPS) is 11.6. The van der Waals surface area contributed by atoms with E-state index >= 15 is 0 Å². The zero-order chi connectivity index (χ0) is 25.6. The van der Waals surface area contributed by atoms with Gasteiger partial charge in [0.1, 0.15) is 17.3 Å². The molecule has 0 saturated heterocycles. The average molecular weight is 544 g/mol. The second kappa shape index (κ2) is 12.0. The van der Waals surface area contributed by atoms with Gasteiger partial charge in [0.2, 0.25) is 0 Å². The van der Waals surface area contributed by atoms with Gasteiger partial charge in [0.15, 0.2) is 0 Å². The van der Waals surface area contributed by atoms with Crippen molar-refractivity contribution in [2.45, 2.75) is 0 Å². The van der Waals surface area contributed by atoms with Crippen LogP contribution in [0.5, 0.6) is 0 Å². The van der Waals surface area contributed by atoms with Crippen molar-refractivity contribution >= 4 is 39.8 Å². The van der Waals surface area contributed by atoms with Crippen molar-refractivity contribution in [3.63, 3.8) is 0 Å². The molecule has 8 heteroatoms. The minimum Gasteiger partial charge on any atom is -0.621 e. The van der Waals surface area contributed by atoms with Gasteiger partial charge in [-0.15, -0.1) is 5.69 Å². The summed E-state index contributed by atoms with van der Waals surface area (Å²) in [7, 11) is 0. The van der Waals surface area contributed by atoms with Crippen LogP contribution in [-0.4, -0.2) is 22.6 Å². The summed E-state index contributed by atoms with van der Waals surface area (Å²) >= 11 is 0. The molecule has 5 rings (SSSR count). The fourth-order valence-electron chi connectivity index (χ4n) is 3.78. The van der Waals surface area contributed by atoms with E-state index in [4.69, 9.17) is 4.42 Å². The van der Waals surface area contributed by atoms with E-state index in [9.17, 15) is 14.7 Å². The molecule has 0 aliphatic rings. The summed E-state index contributed by atoms with van der Waals surface area (Å²) in [4.78, 5) is 33.5. The molecule has 0 fully saturated rings. The van der Waals surface area contributed by atoms with E-state index in [1.54, 1.807) is 60.7 Å². The number of carbonyl (C=O) groups is 2. The van der Waals surface area contributed by atoms with Gasteiger partial charge >= 0.3 is 16.5 Å². The van der Waals surface area contributed by atoms with Crippen LogP contribution in [0.4, 0.5) is 5.69 Å². The van der Waals surface area contributed by atoms with Crippen molar-refractivity contribution in [2.75, 3.05) is 0 Å². The minimum absolute atomic E-state index is 0. The SMILES string of the molecule is O=C([O-])/C(=C\N=C(c1ccccc1)c1ccccc1[N-]C(=O)c1ccccn1)c1cc2ccccc2o1.[Ni+2]. The molecular formula is C30H19N3NiO4. The van der Waals surface area contributed by atoms with E-state index < -0.39 is 11.9 Å². The molecule has 0 aliphatic heterocycles. The second-order valence-electron chi connectivity index (χ2n) is 7.97. The molecule has 1 amide bonds. The smallest absolute Gasteiger partial charge is 0.621 e. The Morgan fingerprint density at radius 1 is 0.868 bits per heavy atom. The van der Waals surface area contributed by atoms with E-state index in [0.717, 1.165) is 5.39 Å². The Morgan fingerprint density at radius 3 is 2.32 bits per heavy atom. The molecule has 0 N–H and O–H groups in total. The number of pyridine rings is 1. The fraction of sp³-hybridized carbons (Fsp3) is 0. The topological polar surface area (TPSA) is 110 Å². The van der Waals surface area contributed by atoms with Crippen molar-refractivity contribution in [3.05, 3.63) is 143 Å². The van der Waals surface area contributed by atoms with Crippen LogP contribution in [0.25, 0.3) is 21.9 Å². The molecule has 5 aromatic rings. The molecule has 0 spiro atoms. The van der Waals surface area contributed by atoms with Crippen LogP contribution in [0.1, 0.15) is 27.4 Å². The minimum atomic E-state index is -1.43. The molecular weight excluding hydrogens is 525 g/mol. The second-order valence-corrected chi connectivity index (χ2v) is 7.97. The van der Waals surface area contributed by atoms with Crippen molar-refractivity contribution < 1.29 is 35.6 Å². The summed E-state index contributed by atoms with van der Waals surface area (Å²) in [5.74, 6) is -1.81. The summed E-state index contributed by atoms with van der Waals surface area (Å²) < 4.78 is 5.73. The number of carboxylic acids is 1. The maximum Gasteiger partial charge on any atom is 2.00 e. The Balaban J connectivity index is 0.00000336. The molecule has 3 aromatic carbocycles. The first kappa shape index (κ1) is 26.3. The maximum absolute atomic E-state index is 12.8. The zero-order valence-corrected chi connectivity index (χ0v) is 20.7. The molecule has 0 aliphatic carbocycles. The summed E-state index contributed by atoms with van der Waals surface area (Å²) in [6, 6.07) is 30.1. The Bertz CT molecular complexity index is 1610. The Kier molecular flexibility index (Phi) is 8.26. The standard InChI is InChI=1S/C30H21N3O4.Ni/c34-29(25-15-8-9-17-31-25)33-24-14-6-5-13-22(24)28(20-10-2-1-3-11-20)32-19-23(30(35)36)27-18-21-12-4-7-16-26(21)37-27;/h1-19H,(H2,32,33,34,35,36);/q;+2/p-2/b23-19-;. The third-order valence-corrected chi connectivity index (χ3v) is 5.55. The number of hydrogen-bond donors (Lipinski definition) is 0. The number of nitrogens with zero attached hydrogens (tertiary/aromatic N) is 3. The summed E-state index contributed by atoms with van der Waals surface area (Å²) in [6.07, 6.45) is 2.72. The third-order valence-electron chi connectivity index (χ3n) is 5.55. The number of aromatic nitrogens is 1. The number of carboxylic acid groups (broad SMARTS) is 1. The van der Waals surface area contributed by atoms with Crippen LogP contribution >= 0.6 is 0 Å². The number of para-hydroxylation sites is 2. The van der Waals surface area contributed by atoms with E-state index in [1.165, 1.54) is 12.4 Å². The number of amides is 1. The Hall–Kier alpha value is -4.81. The van der Waals surface area contributed by atoms with E-state index in [-0.39, 0.29) is 33.5 Å². The van der Waals surface area contributed by atoms with Crippen LogP contribution in [0.3, 0.4) is 0 Å². The molecule has 0 atom stereocenters. The molecule has 2 heterocycles. The van der Waals surface area contributed by atoms with Gasteiger partial charge in [0.05, 0.1) is 22.9 Å². The Morgan fingerprint density at radius 2 is 1.58 bits per heavy atom. The number of furan rings is 1. The molecule has 38 heavy (non-hydrogen) atoms. The van der Waals surface area contributed by atoms with Gasteiger partial charge < -0.3 is 24.4 Å². The maximum atomic E-state index is 12.8. The fourth-order valence-corrected chi connectivity index (χ4v) is 3.78. The number of hydrogen-bond acceptors (Lipinski definition) is 6. The predicted molar refractivity (Wildman–Crippen MR) is 139 cm³/mol. The number of carbonyl (C=O) groups excluding carboxylic acids is 2. The van der Waals surface area contributed by atoms with E-state index in [2.05, 4.69) is 15.3 Å². The number of fused-ring (bicyclic) bond motifs is 1. The van der Waals surface area contributed by atoms with Crippen molar-refractivity contribution in [1.82, 2.24) is 4.98 Å².